The summed E-state index contributed by atoms with van der Waals surface area (Å²) in [6.07, 6.45) is 6.25. The van der Waals surface area contributed by atoms with Crippen LogP contribution in [0.15, 0.2) is 23.2 Å². The van der Waals surface area contributed by atoms with Gasteiger partial charge in [-0.3, -0.25) is 4.99 Å². The van der Waals surface area contributed by atoms with Crippen LogP contribution < -0.4 is 20.5 Å². The number of rotatable bonds is 8. The van der Waals surface area contributed by atoms with E-state index in [-0.39, 0.29) is 24.0 Å². The van der Waals surface area contributed by atoms with Crippen LogP contribution in [-0.2, 0) is 25.8 Å². The summed E-state index contributed by atoms with van der Waals surface area (Å²) < 4.78 is 12.8. The van der Waals surface area contributed by atoms with E-state index in [2.05, 4.69) is 25.1 Å². The molecule has 3 N–H and O–H groups in total. The van der Waals surface area contributed by atoms with Crippen LogP contribution in [-0.4, -0.2) is 48.0 Å². The average Bonchev–Trinajstić information content (AvgIpc) is 2.94. The number of nitrogens with one attached hydrogen (secondary N) is 1. The highest BCUT2D eigenvalue weighted by molar-refractivity contribution is 14.0. The van der Waals surface area contributed by atoms with Gasteiger partial charge in [-0.1, -0.05) is 12.5 Å². The Bertz CT molecular complexity index is 808. The minimum Gasteiger partial charge on any atom is -0.493 e. The smallest absolute Gasteiger partial charge is 0.188 e. The van der Waals surface area contributed by atoms with Gasteiger partial charge in [-0.05, 0) is 37.0 Å². The number of aliphatic imine (C=N–C) groups is 1. The molecule has 1 aromatic heterocycles. The zero-order valence-electron chi connectivity index (χ0n) is 17.2. The van der Waals surface area contributed by atoms with E-state index in [9.17, 15) is 0 Å². The topological polar surface area (TPSA) is 99.6 Å². The highest BCUT2D eigenvalue weighted by atomic mass is 127. The molecule has 2 heterocycles. The molecule has 8 nitrogen and oxygen atoms in total. The van der Waals surface area contributed by atoms with Crippen LogP contribution in [0.3, 0.4) is 0 Å². The molecule has 3 rings (SSSR count). The molecule has 1 aromatic carbocycles. The zero-order chi connectivity index (χ0) is 19.8. The van der Waals surface area contributed by atoms with Crippen LogP contribution in [0.4, 0.5) is 0 Å². The lowest BCUT2D eigenvalue weighted by Crippen LogP contribution is -2.33. The quantitative estimate of drug-likeness (QED) is 0.319. The van der Waals surface area contributed by atoms with E-state index in [1.165, 1.54) is 19.3 Å². The highest BCUT2D eigenvalue weighted by Crippen LogP contribution is 2.27. The summed E-state index contributed by atoms with van der Waals surface area (Å²) in [4.78, 5) is 4.42. The van der Waals surface area contributed by atoms with E-state index in [1.54, 1.807) is 14.2 Å². The van der Waals surface area contributed by atoms with Crippen molar-refractivity contribution in [2.75, 3.05) is 27.3 Å². The van der Waals surface area contributed by atoms with Crippen LogP contribution in [0, 0.1) is 0 Å². The predicted octanol–water partition coefficient (Wildman–Crippen LogP) is 2.33. The second kappa shape index (κ2) is 11.8. The second-order valence-electron chi connectivity index (χ2n) is 6.88. The van der Waals surface area contributed by atoms with E-state index < -0.39 is 0 Å². The number of nitrogens with zero attached hydrogens (tertiary/aromatic N) is 4. The Morgan fingerprint density at radius 1 is 1.14 bits per heavy atom. The summed E-state index contributed by atoms with van der Waals surface area (Å²) in [5.41, 5.74) is 7.14. The maximum absolute atomic E-state index is 5.99. The standard InChI is InChI=1S/C20H30N6O2.HI/c1-27-16-8-7-15(14-17(16)28-2)9-11-22-20(21)23-12-10-19-25-24-18-6-4-3-5-13-26(18)19;/h7-8,14H,3-6,9-13H2,1-2H3,(H3,21,22,23);1H. The van der Waals surface area contributed by atoms with Crippen molar-refractivity contribution in [3.05, 3.63) is 35.4 Å². The number of aromatic nitrogens is 3. The van der Waals surface area contributed by atoms with Crippen LogP contribution in [0.1, 0.15) is 36.5 Å². The van der Waals surface area contributed by atoms with Gasteiger partial charge in [0.2, 0.25) is 0 Å². The monoisotopic (exact) mass is 514 g/mol. The lowest BCUT2D eigenvalue weighted by atomic mass is 10.1. The Hall–Kier alpha value is -2.04. The molecular weight excluding hydrogens is 483 g/mol. The van der Waals surface area contributed by atoms with E-state index >= 15 is 0 Å². The summed E-state index contributed by atoms with van der Waals surface area (Å²) >= 11 is 0. The van der Waals surface area contributed by atoms with E-state index in [0.717, 1.165) is 54.5 Å². The largest absolute Gasteiger partial charge is 0.493 e. The lowest BCUT2D eigenvalue weighted by Gasteiger charge is -2.10. The fraction of sp³-hybridized carbons (Fsp3) is 0.550. The summed E-state index contributed by atoms with van der Waals surface area (Å²) in [7, 11) is 3.27. The lowest BCUT2D eigenvalue weighted by molar-refractivity contribution is 0.354. The first kappa shape index (κ1) is 23.2. The first-order valence-corrected chi connectivity index (χ1v) is 9.87. The molecule has 0 saturated carbocycles. The summed E-state index contributed by atoms with van der Waals surface area (Å²) in [6, 6.07) is 5.91. The van der Waals surface area contributed by atoms with Crippen molar-refractivity contribution < 1.29 is 9.47 Å². The Morgan fingerprint density at radius 2 is 1.97 bits per heavy atom. The number of halogens is 1. The first-order valence-electron chi connectivity index (χ1n) is 9.87. The van der Waals surface area contributed by atoms with Crippen molar-refractivity contribution in [1.29, 1.82) is 0 Å². The van der Waals surface area contributed by atoms with Crippen LogP contribution in [0.5, 0.6) is 11.5 Å². The highest BCUT2D eigenvalue weighted by Gasteiger charge is 2.14. The summed E-state index contributed by atoms with van der Waals surface area (Å²) in [6.45, 7) is 2.32. The van der Waals surface area contributed by atoms with Crippen molar-refractivity contribution in [3.63, 3.8) is 0 Å². The van der Waals surface area contributed by atoms with E-state index in [0.29, 0.717) is 19.0 Å². The fourth-order valence-electron chi connectivity index (χ4n) is 3.43. The maximum Gasteiger partial charge on any atom is 0.188 e. The molecule has 0 saturated heterocycles. The number of ether oxygens (including phenoxy) is 2. The van der Waals surface area contributed by atoms with Gasteiger partial charge in [0.25, 0.3) is 0 Å². The molecule has 29 heavy (non-hydrogen) atoms. The van der Waals surface area contributed by atoms with Crippen molar-refractivity contribution in [2.45, 2.75) is 45.1 Å². The Labute approximate surface area is 189 Å². The van der Waals surface area contributed by atoms with Gasteiger partial charge in [0.05, 0.1) is 14.2 Å². The van der Waals surface area contributed by atoms with Gasteiger partial charge in [0.1, 0.15) is 11.6 Å². The maximum atomic E-state index is 5.99. The number of guanidine groups is 1. The molecule has 0 amide bonds. The molecule has 2 aromatic rings. The average molecular weight is 514 g/mol. The number of aryl methyl sites for hydroxylation is 1. The van der Waals surface area contributed by atoms with Gasteiger partial charge < -0.3 is 25.1 Å². The minimum absolute atomic E-state index is 0. The van der Waals surface area contributed by atoms with Gasteiger partial charge in [0, 0.05) is 32.5 Å². The molecule has 0 aliphatic carbocycles. The fourth-order valence-corrected chi connectivity index (χ4v) is 3.43. The van der Waals surface area contributed by atoms with Crippen LogP contribution in [0.2, 0.25) is 0 Å². The number of methoxy groups -OCH3 is 2. The molecular formula is C20H31IN6O2. The van der Waals surface area contributed by atoms with Crippen molar-refractivity contribution in [2.24, 2.45) is 10.7 Å². The third-order valence-corrected chi connectivity index (χ3v) is 4.97. The van der Waals surface area contributed by atoms with Gasteiger partial charge in [0.15, 0.2) is 17.5 Å². The van der Waals surface area contributed by atoms with Crippen molar-refractivity contribution in [3.8, 4) is 11.5 Å². The molecule has 1 aliphatic rings. The van der Waals surface area contributed by atoms with Gasteiger partial charge in [-0.2, -0.15) is 0 Å². The van der Waals surface area contributed by atoms with Gasteiger partial charge >= 0.3 is 0 Å². The molecule has 0 unspecified atom stereocenters. The number of fused-ring (bicyclic) bond motifs is 1. The summed E-state index contributed by atoms with van der Waals surface area (Å²) in [5, 5.41) is 11.8. The normalized spacial score (nSPS) is 13.8. The van der Waals surface area contributed by atoms with Crippen LogP contribution >= 0.6 is 24.0 Å². The van der Waals surface area contributed by atoms with Gasteiger partial charge in [-0.25, -0.2) is 0 Å². The molecule has 160 valence electrons. The minimum atomic E-state index is 0. The van der Waals surface area contributed by atoms with E-state index in [4.69, 9.17) is 15.2 Å². The zero-order valence-corrected chi connectivity index (χ0v) is 19.5. The molecule has 0 atom stereocenters. The molecule has 0 radical (unpaired) electrons. The van der Waals surface area contributed by atoms with Gasteiger partial charge in [-0.15, -0.1) is 34.2 Å². The molecule has 0 fully saturated rings. The molecule has 9 heteroatoms. The first-order chi connectivity index (χ1) is 13.7. The number of hydrogen-bond donors (Lipinski definition) is 2. The predicted molar refractivity (Wildman–Crippen MR) is 124 cm³/mol. The Kier molecular flexibility index (Phi) is 9.49. The number of hydrogen-bond acceptors (Lipinski definition) is 5. The summed E-state index contributed by atoms with van der Waals surface area (Å²) in [5.74, 6) is 4.04. The van der Waals surface area contributed by atoms with Crippen molar-refractivity contribution >= 4 is 29.9 Å². The molecule has 0 spiro atoms. The Morgan fingerprint density at radius 3 is 2.76 bits per heavy atom. The third-order valence-electron chi connectivity index (χ3n) is 4.97. The third kappa shape index (κ3) is 6.48. The Balaban J connectivity index is 0.00000300. The molecule has 0 bridgehead atoms. The second-order valence-corrected chi connectivity index (χ2v) is 6.88. The number of nitrogens with two attached hydrogens (primary N) is 1. The van der Waals surface area contributed by atoms with E-state index in [1.807, 2.05) is 18.2 Å². The van der Waals surface area contributed by atoms with Crippen molar-refractivity contribution in [1.82, 2.24) is 20.1 Å². The SMILES string of the molecule is COc1ccc(CCNC(N)=NCCc2nnc3n2CCCCC3)cc1OC.I. The molecule has 1 aliphatic heterocycles. The van der Waals surface area contributed by atoms with Crippen LogP contribution in [0.25, 0.3) is 0 Å². The number of benzene rings is 1.